The van der Waals surface area contributed by atoms with Crippen LogP contribution in [0.1, 0.15) is 44.6 Å². The number of alkyl halides is 1. The fraction of sp³-hybridized carbons (Fsp3) is 0.500. The summed E-state index contributed by atoms with van der Waals surface area (Å²) in [4.78, 5) is 12.0. The van der Waals surface area contributed by atoms with Gasteiger partial charge in [0, 0.05) is 28.9 Å². The van der Waals surface area contributed by atoms with Crippen molar-refractivity contribution >= 4 is 47.0 Å². The van der Waals surface area contributed by atoms with Crippen LogP contribution in [0.2, 0.25) is 0 Å². The van der Waals surface area contributed by atoms with E-state index in [0.717, 1.165) is 59.2 Å². The van der Waals surface area contributed by atoms with Crippen molar-refractivity contribution in [2.45, 2.75) is 63.3 Å². The predicted octanol–water partition coefficient (Wildman–Crippen LogP) is 5.75. The quantitative estimate of drug-likeness (QED) is 0.140. The van der Waals surface area contributed by atoms with Gasteiger partial charge in [0.1, 0.15) is 12.5 Å². The molecule has 2 saturated heterocycles. The van der Waals surface area contributed by atoms with Gasteiger partial charge in [-0.15, -0.1) is 11.6 Å². The summed E-state index contributed by atoms with van der Waals surface area (Å²) in [5.41, 5.74) is 3.81. The van der Waals surface area contributed by atoms with Crippen LogP contribution in [-0.2, 0) is 15.8 Å². The van der Waals surface area contributed by atoms with E-state index >= 15 is 0 Å². The first-order valence-electron chi connectivity index (χ1n) is 14.2. The first-order chi connectivity index (χ1) is 18.7. The monoisotopic (exact) mass is 572 g/mol. The number of nitrogens with one attached hydrogen (secondary N) is 4. The number of halogens is 1. The smallest absolute Gasteiger partial charge is 0.247 e. The minimum absolute atomic E-state index is 0.0788. The lowest BCUT2D eigenvalue weighted by atomic mass is 10.0. The molecular formula is C30H44ClN5O2P+. The van der Waals surface area contributed by atoms with Gasteiger partial charge in [-0.05, 0) is 81.3 Å². The normalized spacial score (nSPS) is 23.3. The molecule has 7 nitrogen and oxygen atoms in total. The summed E-state index contributed by atoms with van der Waals surface area (Å²) < 4.78 is 13.9. The van der Waals surface area contributed by atoms with E-state index in [1.165, 1.54) is 30.9 Å². The fourth-order valence-corrected chi connectivity index (χ4v) is 7.59. The van der Waals surface area contributed by atoms with Crippen molar-refractivity contribution in [3.05, 3.63) is 60.7 Å². The van der Waals surface area contributed by atoms with Crippen LogP contribution in [0.15, 0.2) is 55.1 Å². The highest BCUT2D eigenvalue weighted by molar-refractivity contribution is 7.70. The first kappa shape index (κ1) is 29.7. The lowest BCUT2D eigenvalue weighted by Gasteiger charge is -2.55. The van der Waals surface area contributed by atoms with Crippen LogP contribution in [0, 0.1) is 0 Å². The summed E-state index contributed by atoms with van der Waals surface area (Å²) in [5, 5.41) is 15.0. The zero-order chi connectivity index (χ0) is 28.0. The number of aryl methyl sites for hydroxylation is 1. The number of hydrogen-bond acceptors (Lipinski definition) is 5. The van der Waals surface area contributed by atoms with E-state index in [-0.39, 0.29) is 23.7 Å². The molecule has 4 rings (SSSR count). The van der Waals surface area contributed by atoms with Gasteiger partial charge >= 0.3 is 0 Å². The van der Waals surface area contributed by atoms with Gasteiger partial charge in [-0.25, -0.2) is 5.32 Å². The molecule has 2 aliphatic heterocycles. The summed E-state index contributed by atoms with van der Waals surface area (Å²) in [6.45, 7) is 11.9. The van der Waals surface area contributed by atoms with E-state index in [2.05, 4.69) is 40.8 Å². The minimum atomic E-state index is -2.50. The molecule has 0 saturated carbocycles. The van der Waals surface area contributed by atoms with Crippen molar-refractivity contribution in [1.29, 1.82) is 0 Å². The third-order valence-electron chi connectivity index (χ3n) is 8.09. The highest BCUT2D eigenvalue weighted by atomic mass is 35.5. The summed E-state index contributed by atoms with van der Waals surface area (Å²) in [6, 6.07) is 14.0. The number of nitrogens with zero attached hydrogens (tertiary/aromatic N) is 1. The molecule has 2 heterocycles. The van der Waals surface area contributed by atoms with Gasteiger partial charge in [0.25, 0.3) is 0 Å². The molecule has 2 aromatic carbocycles. The Labute approximate surface area is 238 Å². The zero-order valence-corrected chi connectivity index (χ0v) is 25.2. The van der Waals surface area contributed by atoms with Crippen LogP contribution in [0.4, 0.5) is 17.1 Å². The van der Waals surface area contributed by atoms with Crippen molar-refractivity contribution in [2.24, 2.45) is 0 Å². The lowest BCUT2D eigenvalue weighted by Crippen LogP contribution is -2.78. The third-order valence-corrected chi connectivity index (χ3v) is 10.0. The van der Waals surface area contributed by atoms with E-state index < -0.39 is 7.14 Å². The summed E-state index contributed by atoms with van der Waals surface area (Å²) in [7, 11) is -2.50. The Morgan fingerprint density at radius 2 is 1.77 bits per heavy atom. The van der Waals surface area contributed by atoms with Crippen molar-refractivity contribution < 1.29 is 13.8 Å². The molecule has 4 N–H and O–H groups in total. The van der Waals surface area contributed by atoms with Crippen molar-refractivity contribution in [3.63, 3.8) is 0 Å². The van der Waals surface area contributed by atoms with E-state index in [0.29, 0.717) is 6.54 Å². The van der Waals surface area contributed by atoms with Crippen LogP contribution in [0.25, 0.3) is 0 Å². The van der Waals surface area contributed by atoms with Crippen molar-refractivity contribution in [2.75, 3.05) is 48.9 Å². The summed E-state index contributed by atoms with van der Waals surface area (Å²) >= 11 is 7.15. The highest BCUT2D eigenvalue weighted by Crippen LogP contribution is 2.39. The molecular weight excluding hydrogens is 529 g/mol. The van der Waals surface area contributed by atoms with E-state index in [4.69, 9.17) is 11.6 Å². The second-order valence-electron chi connectivity index (χ2n) is 11.2. The molecule has 1 spiro atoms. The molecule has 3 atom stereocenters. The largest absolute Gasteiger partial charge is 0.334 e. The molecule has 3 unspecified atom stereocenters. The Morgan fingerprint density at radius 1 is 1.08 bits per heavy atom. The number of carbonyl (C=O) groups is 1. The first-order valence-corrected chi connectivity index (χ1v) is 17.2. The highest BCUT2D eigenvalue weighted by Gasteiger charge is 2.51. The van der Waals surface area contributed by atoms with Crippen LogP contribution in [0.3, 0.4) is 0 Å². The van der Waals surface area contributed by atoms with Gasteiger partial charge in [-0.3, -0.25) is 9.28 Å². The number of quaternary nitrogens is 1. The number of para-hydroxylation sites is 1. The van der Waals surface area contributed by atoms with Gasteiger partial charge in [-0.1, -0.05) is 38.1 Å². The number of benzene rings is 2. The number of rotatable bonds is 8. The van der Waals surface area contributed by atoms with Crippen molar-refractivity contribution in [3.8, 4) is 0 Å². The number of amides is 1. The average Bonchev–Trinajstić information content (AvgIpc) is 2.89. The summed E-state index contributed by atoms with van der Waals surface area (Å²) in [5.74, 6) is -0.231. The van der Waals surface area contributed by atoms with Gasteiger partial charge in [0.2, 0.25) is 12.2 Å². The average molecular weight is 573 g/mol. The van der Waals surface area contributed by atoms with Gasteiger partial charge in [0.05, 0.1) is 13.1 Å². The second-order valence-corrected chi connectivity index (χ2v) is 14.9. The Morgan fingerprint density at radius 3 is 2.44 bits per heavy atom. The standard InChI is InChI=1S/C30H43ClN5O2P/c1-5-22-16-17-23(33-28(37)6-2)20-26(22)35-30-32-21-24(31)29(36(30)18-12-8-7-9-13-19-36)34-25-14-10-11-15-27(25)39(3,4)38/h6,10-11,14-17,20,24,29-30,32,35H,2,5,7-9,12-13,18-19,21H2,1,3-4H3,(H-,33,34,37,38)/p+1. The van der Waals surface area contributed by atoms with E-state index in [1.54, 1.807) is 0 Å². The topological polar surface area (TPSA) is 82.3 Å². The zero-order valence-electron chi connectivity index (χ0n) is 23.5. The minimum Gasteiger partial charge on any atom is -0.334 e. The molecule has 0 aromatic heterocycles. The molecule has 0 bridgehead atoms. The maximum atomic E-state index is 13.2. The maximum absolute atomic E-state index is 13.2. The van der Waals surface area contributed by atoms with Crippen LogP contribution < -0.4 is 26.6 Å². The Balaban J connectivity index is 1.74. The Hall–Kier alpha value is -2.31. The summed E-state index contributed by atoms with van der Waals surface area (Å²) in [6.07, 6.45) is 7.86. The lowest BCUT2D eigenvalue weighted by molar-refractivity contribution is -0.974. The maximum Gasteiger partial charge on any atom is 0.247 e. The third kappa shape index (κ3) is 6.89. The molecule has 9 heteroatoms. The molecule has 212 valence electrons. The molecule has 2 aliphatic rings. The van der Waals surface area contributed by atoms with Crippen LogP contribution in [-0.4, -0.2) is 61.2 Å². The number of anilines is 3. The Bertz CT molecular complexity index is 1210. The van der Waals surface area contributed by atoms with Crippen LogP contribution in [0.5, 0.6) is 0 Å². The van der Waals surface area contributed by atoms with Crippen molar-refractivity contribution in [1.82, 2.24) is 5.32 Å². The number of hydrogen-bond donors (Lipinski definition) is 4. The number of carbonyl (C=O) groups excluding carboxylic acids is 1. The second kappa shape index (κ2) is 12.9. The molecule has 0 aliphatic carbocycles. The molecule has 2 fully saturated rings. The van der Waals surface area contributed by atoms with Gasteiger partial charge in [-0.2, -0.15) is 0 Å². The van der Waals surface area contributed by atoms with Gasteiger partial charge < -0.3 is 20.5 Å². The molecule has 2 aromatic rings. The predicted molar refractivity (Wildman–Crippen MR) is 166 cm³/mol. The van der Waals surface area contributed by atoms with E-state index in [9.17, 15) is 9.36 Å². The van der Waals surface area contributed by atoms with E-state index in [1.807, 2.05) is 49.7 Å². The fourth-order valence-electron chi connectivity index (χ4n) is 6.05. The SMILES string of the molecule is C=CC(=O)Nc1ccc(CC)c(NC2NCC(Cl)C(Nc3ccccc3P(C)(C)=O)[N+]23CCCCCCC3)c1. The molecule has 39 heavy (non-hydrogen) atoms. The Kier molecular flexibility index (Phi) is 9.82. The van der Waals surface area contributed by atoms with Gasteiger partial charge in [0.15, 0.2) is 6.17 Å². The molecule has 1 amide bonds. The van der Waals surface area contributed by atoms with Crippen LogP contribution >= 0.6 is 18.7 Å². The molecule has 0 radical (unpaired) electrons.